The fraction of sp³-hybridized carbons (Fsp3) is 0.767. The number of hydrogen-bond acceptors (Lipinski definition) is 8. The maximum Gasteiger partial charge on any atom is 0.261 e. The number of nitrogens with zero attached hydrogens (tertiary/aromatic N) is 2. The summed E-state index contributed by atoms with van der Waals surface area (Å²) in [6.45, 7) is 25.8. The van der Waals surface area contributed by atoms with Crippen molar-refractivity contribution in [1.82, 2.24) is 9.80 Å². The van der Waals surface area contributed by atoms with E-state index < -0.39 is 0 Å². The van der Waals surface area contributed by atoms with Gasteiger partial charge in [0.05, 0.1) is 59.8 Å². The zero-order valence-corrected chi connectivity index (χ0v) is 66.8. The Morgan fingerprint density at radius 1 is 0.323 bits per heavy atom. The molecule has 0 radical (unpaired) electrons. The van der Waals surface area contributed by atoms with Crippen LogP contribution < -0.4 is 9.47 Å². The number of carbonyl (C=O) groups is 2. The van der Waals surface area contributed by atoms with Crippen LogP contribution >= 0.6 is 45.3 Å². The monoisotopic (exact) mass is 1390 g/mol. The van der Waals surface area contributed by atoms with Crippen LogP contribution in [0.5, 0.6) is 11.5 Å². The predicted molar refractivity (Wildman–Crippen MR) is 426 cm³/mol. The number of hydrogen-bond donors (Lipinski definition) is 0. The summed E-state index contributed by atoms with van der Waals surface area (Å²) >= 11 is 7.28. The molecule has 0 N–H and O–H groups in total. The summed E-state index contributed by atoms with van der Waals surface area (Å²) in [4.78, 5) is 43.7. The zero-order valence-electron chi connectivity index (χ0n) is 63.5. The SMILES string of the molecule is CCCCCCCCC(CCCCCC)COc1c(C)sc2c(OCC(CCCCCC)CCCCCCCC)c(-c3ccc(C4=C5C(=O)N(CC(CCCCCC)CCCCCCCC)C(c6ccc(C)s6)=C5C(=O)N4CC(CCCCCC)CCCCCCCC)s3)sc12. The van der Waals surface area contributed by atoms with Crippen molar-refractivity contribution in [2.45, 2.75) is 377 Å². The van der Waals surface area contributed by atoms with E-state index in [0.29, 0.717) is 47.9 Å². The van der Waals surface area contributed by atoms with Crippen molar-refractivity contribution < 1.29 is 19.1 Å². The van der Waals surface area contributed by atoms with Crippen molar-refractivity contribution in [2.75, 3.05) is 26.3 Å². The average Bonchev–Trinajstić information content (AvgIpc) is 1.49. The van der Waals surface area contributed by atoms with Gasteiger partial charge in [-0.2, -0.15) is 0 Å². The molecule has 0 spiro atoms. The van der Waals surface area contributed by atoms with Crippen molar-refractivity contribution in [3.05, 3.63) is 54.9 Å². The van der Waals surface area contributed by atoms with Gasteiger partial charge in [0, 0.05) is 27.7 Å². The first kappa shape index (κ1) is 82.0. The molecule has 4 aromatic heterocycles. The van der Waals surface area contributed by atoms with Gasteiger partial charge in [0.15, 0.2) is 11.5 Å². The van der Waals surface area contributed by atoms with Crippen LogP contribution in [0.15, 0.2) is 35.4 Å². The topological polar surface area (TPSA) is 59.1 Å². The predicted octanol–water partition coefficient (Wildman–Crippen LogP) is 29.3. The maximum absolute atomic E-state index is 16.3. The molecule has 6 heterocycles. The molecule has 4 aromatic rings. The Hall–Kier alpha value is -2.92. The van der Waals surface area contributed by atoms with Crippen LogP contribution in [-0.2, 0) is 9.59 Å². The minimum atomic E-state index is 0.0391. The van der Waals surface area contributed by atoms with E-state index in [2.05, 4.69) is 103 Å². The quantitative estimate of drug-likeness (QED) is 0.0413. The fourth-order valence-corrected chi connectivity index (χ4v) is 20.0. The molecule has 544 valence electrons. The molecule has 10 heteroatoms. The second-order valence-corrected chi connectivity index (χ2v) is 34.6. The smallest absolute Gasteiger partial charge is 0.261 e. The van der Waals surface area contributed by atoms with Gasteiger partial charge in [0.25, 0.3) is 11.8 Å². The molecule has 96 heavy (non-hydrogen) atoms. The van der Waals surface area contributed by atoms with Crippen molar-refractivity contribution in [3.8, 4) is 21.3 Å². The van der Waals surface area contributed by atoms with Crippen LogP contribution in [-0.4, -0.2) is 47.9 Å². The van der Waals surface area contributed by atoms with Crippen LogP contribution in [0.3, 0.4) is 0 Å². The third-order valence-electron chi connectivity index (χ3n) is 21.4. The lowest BCUT2D eigenvalue weighted by Gasteiger charge is -2.29. The highest BCUT2D eigenvalue weighted by molar-refractivity contribution is 7.32. The van der Waals surface area contributed by atoms with Gasteiger partial charge in [-0.15, -0.1) is 45.3 Å². The maximum atomic E-state index is 16.3. The highest BCUT2D eigenvalue weighted by atomic mass is 32.1. The number of unbranched alkanes of at least 4 members (excludes halogenated alkanes) is 32. The van der Waals surface area contributed by atoms with E-state index in [1.807, 2.05) is 22.7 Å². The van der Waals surface area contributed by atoms with E-state index in [4.69, 9.17) is 9.47 Å². The van der Waals surface area contributed by atoms with Gasteiger partial charge in [-0.3, -0.25) is 9.59 Å². The molecular formula is C86H142N2O4S4. The summed E-state index contributed by atoms with van der Waals surface area (Å²) in [5, 5.41) is 0. The minimum Gasteiger partial charge on any atom is -0.491 e. The van der Waals surface area contributed by atoms with Crippen molar-refractivity contribution in [1.29, 1.82) is 0 Å². The molecule has 0 fully saturated rings. The van der Waals surface area contributed by atoms with Gasteiger partial charge >= 0.3 is 0 Å². The Balaban J connectivity index is 1.48. The first-order valence-electron chi connectivity index (χ1n) is 41.2. The molecule has 4 atom stereocenters. The van der Waals surface area contributed by atoms with Gasteiger partial charge in [-0.25, -0.2) is 0 Å². The van der Waals surface area contributed by atoms with Crippen LogP contribution in [0.25, 0.3) is 30.5 Å². The number of aryl methyl sites for hydroxylation is 2. The first-order valence-corrected chi connectivity index (χ1v) is 44.4. The van der Waals surface area contributed by atoms with E-state index in [9.17, 15) is 0 Å². The Bertz CT molecular complexity index is 2790. The molecule has 4 unspecified atom stereocenters. The number of fused-ring (bicyclic) bond motifs is 2. The second kappa shape index (κ2) is 48.8. The molecule has 0 bridgehead atoms. The molecule has 0 saturated heterocycles. The molecule has 6 nitrogen and oxygen atoms in total. The van der Waals surface area contributed by atoms with Gasteiger partial charge in [-0.05, 0) is 113 Å². The van der Waals surface area contributed by atoms with E-state index in [1.54, 1.807) is 22.7 Å². The summed E-state index contributed by atoms with van der Waals surface area (Å²) < 4.78 is 17.2. The largest absolute Gasteiger partial charge is 0.491 e. The second-order valence-electron chi connectivity index (χ2n) is 30.0. The van der Waals surface area contributed by atoms with E-state index in [-0.39, 0.29) is 11.8 Å². The molecule has 0 saturated carbocycles. The molecule has 2 aliphatic heterocycles. The lowest BCUT2D eigenvalue weighted by molar-refractivity contribution is -0.124. The number of ether oxygens (including phenoxy) is 2. The fourth-order valence-electron chi connectivity index (χ4n) is 15.4. The van der Waals surface area contributed by atoms with Gasteiger partial charge in [0.2, 0.25) is 0 Å². The molecule has 0 aliphatic carbocycles. The lowest BCUT2D eigenvalue weighted by Crippen LogP contribution is -2.34. The molecule has 2 aliphatic rings. The Kier molecular flexibility index (Phi) is 41.7. The summed E-state index contributed by atoms with van der Waals surface area (Å²) in [6.07, 6.45) is 60.4. The van der Waals surface area contributed by atoms with Crippen LogP contribution in [0, 0.1) is 37.5 Å². The standard InChI is InChI=1S/C86H142N2O4S4/c1-11-19-27-35-39-47-53-69(51-43-31-23-15-5)63-87-78(73-60-59-67(9)93-73)76-77(86(87)90)79(88(85(76)89)64-70(52-44-32-24-16-6)54-48-40-36-28-20-12-2)74-61-62-75(95-74)82-81(92-66-72(56-46-34-26-18-8)58-50-42-38-30-22-14-4)84-83(96-82)80(68(10)94-84)91-65-71(55-45-33-25-17-7)57-49-41-37-29-21-13-3/h59-62,69-72H,11-58,63-66H2,1-10H3. The molecule has 0 aromatic carbocycles. The minimum absolute atomic E-state index is 0.0391. The van der Waals surface area contributed by atoms with Crippen molar-refractivity contribution >= 4 is 78.0 Å². The van der Waals surface area contributed by atoms with E-state index >= 15 is 9.59 Å². The summed E-state index contributed by atoms with van der Waals surface area (Å²) in [5.41, 5.74) is 3.06. The van der Waals surface area contributed by atoms with Crippen LogP contribution in [0.2, 0.25) is 0 Å². The third-order valence-corrected chi connectivity index (χ3v) is 26.0. The summed E-state index contributed by atoms with van der Waals surface area (Å²) in [5.74, 6) is 3.95. The van der Waals surface area contributed by atoms with Gasteiger partial charge in [-0.1, -0.05) is 312 Å². The average molecular weight is 1400 g/mol. The van der Waals surface area contributed by atoms with Crippen LogP contribution in [0.1, 0.15) is 383 Å². The third kappa shape index (κ3) is 27.1. The summed E-state index contributed by atoms with van der Waals surface area (Å²) in [7, 11) is 0. The highest BCUT2D eigenvalue weighted by Crippen LogP contribution is 2.56. The van der Waals surface area contributed by atoms with E-state index in [1.165, 1.54) is 307 Å². The molecule has 2 amide bonds. The van der Waals surface area contributed by atoms with E-state index in [0.717, 1.165) is 76.4 Å². The molecular weight excluding hydrogens is 1250 g/mol. The lowest BCUT2D eigenvalue weighted by atomic mass is 9.93. The Morgan fingerprint density at radius 3 is 0.969 bits per heavy atom. The first-order chi connectivity index (χ1) is 47.1. The molecule has 6 rings (SSSR count). The zero-order chi connectivity index (χ0) is 68.5. The highest BCUT2D eigenvalue weighted by Gasteiger charge is 2.50. The number of thiophene rings is 4. The van der Waals surface area contributed by atoms with Crippen molar-refractivity contribution in [2.24, 2.45) is 23.7 Å². The van der Waals surface area contributed by atoms with Crippen LogP contribution in [0.4, 0.5) is 0 Å². The van der Waals surface area contributed by atoms with Gasteiger partial charge < -0.3 is 19.3 Å². The Labute approximate surface area is 606 Å². The van der Waals surface area contributed by atoms with Gasteiger partial charge in [0.1, 0.15) is 0 Å². The number of rotatable bonds is 61. The normalized spacial score (nSPS) is 14.8. The summed E-state index contributed by atoms with van der Waals surface area (Å²) in [6, 6.07) is 9.02. The van der Waals surface area contributed by atoms with Crippen molar-refractivity contribution in [3.63, 3.8) is 0 Å². The Morgan fingerprint density at radius 2 is 0.615 bits per heavy atom. The number of amides is 2. The number of carbonyl (C=O) groups excluding carboxylic acids is 2.